The minimum atomic E-state index is 1.12. The number of hydrogen-bond donors (Lipinski definition) is 0. The van der Waals surface area contributed by atoms with Crippen LogP contribution in [0, 0.1) is 0 Å². The molecule has 0 amide bonds. The fourth-order valence-corrected chi connectivity index (χ4v) is 2.96. The summed E-state index contributed by atoms with van der Waals surface area (Å²) in [7, 11) is 0. The maximum absolute atomic E-state index is 2.37. The first-order valence-electron chi connectivity index (χ1n) is 10.3. The van der Waals surface area contributed by atoms with Gasteiger partial charge in [-0.25, -0.2) is 0 Å². The third kappa shape index (κ3) is 13.2. The van der Waals surface area contributed by atoms with Gasteiger partial charge in [0.05, 0.1) is 0 Å². The zero-order valence-corrected chi connectivity index (χ0v) is 15.9. The molecular formula is C24H38. The number of benzene rings is 1. The standard InChI is InChI=1S/C24H38/c1-2-3-4-5-6-7-8-9-10-11-12-13-14-15-16-18-21-24-22-19-17-20-23-24/h6-7,9-10,17,19-20,22-23H,2-5,8,11-16,18,21H2,1H3. The summed E-state index contributed by atoms with van der Waals surface area (Å²) in [6.45, 7) is 2.26. The van der Waals surface area contributed by atoms with Crippen molar-refractivity contribution in [1.29, 1.82) is 0 Å². The van der Waals surface area contributed by atoms with E-state index in [9.17, 15) is 0 Å². The van der Waals surface area contributed by atoms with Gasteiger partial charge in [0.25, 0.3) is 0 Å². The van der Waals surface area contributed by atoms with Crippen LogP contribution in [0.1, 0.15) is 89.5 Å². The first kappa shape index (κ1) is 20.7. The molecule has 0 fully saturated rings. The summed E-state index contributed by atoms with van der Waals surface area (Å²) in [5.74, 6) is 0. The third-order valence-electron chi connectivity index (χ3n) is 4.51. The Morgan fingerprint density at radius 3 is 1.88 bits per heavy atom. The highest BCUT2D eigenvalue weighted by molar-refractivity contribution is 5.14. The second-order valence-electron chi connectivity index (χ2n) is 6.82. The molecule has 1 rings (SSSR count). The molecule has 0 heterocycles. The van der Waals surface area contributed by atoms with Gasteiger partial charge in [0, 0.05) is 0 Å². The SMILES string of the molecule is CCCCCC=CCC=CCCCCCCCCc1ccccc1. The molecule has 0 N–H and O–H groups in total. The van der Waals surface area contributed by atoms with Crippen LogP contribution in [-0.2, 0) is 6.42 Å². The summed E-state index contributed by atoms with van der Waals surface area (Å²) in [5.41, 5.74) is 1.49. The number of allylic oxidation sites excluding steroid dienone is 4. The summed E-state index contributed by atoms with van der Waals surface area (Å²) in [6, 6.07) is 10.9. The molecule has 1 aromatic rings. The molecular weight excluding hydrogens is 288 g/mol. The lowest BCUT2D eigenvalue weighted by Gasteiger charge is -2.02. The topological polar surface area (TPSA) is 0 Å². The van der Waals surface area contributed by atoms with E-state index in [0.29, 0.717) is 0 Å². The molecule has 0 heteroatoms. The lowest BCUT2D eigenvalue weighted by molar-refractivity contribution is 0.597. The molecule has 0 bridgehead atoms. The highest BCUT2D eigenvalue weighted by Gasteiger charge is 1.93. The molecule has 1 aromatic carbocycles. The Morgan fingerprint density at radius 1 is 0.625 bits per heavy atom. The van der Waals surface area contributed by atoms with Gasteiger partial charge in [-0.05, 0) is 50.5 Å². The van der Waals surface area contributed by atoms with E-state index in [1.54, 1.807) is 0 Å². The summed E-state index contributed by atoms with van der Waals surface area (Å²) in [4.78, 5) is 0. The van der Waals surface area contributed by atoms with Crippen LogP contribution in [0.2, 0.25) is 0 Å². The first-order valence-corrected chi connectivity index (χ1v) is 10.3. The van der Waals surface area contributed by atoms with Gasteiger partial charge in [-0.3, -0.25) is 0 Å². The van der Waals surface area contributed by atoms with Gasteiger partial charge in [-0.2, -0.15) is 0 Å². The van der Waals surface area contributed by atoms with Crippen LogP contribution in [0.5, 0.6) is 0 Å². The Balaban J connectivity index is 1.81. The van der Waals surface area contributed by atoms with Gasteiger partial charge in [0.2, 0.25) is 0 Å². The van der Waals surface area contributed by atoms with Crippen molar-refractivity contribution in [3.63, 3.8) is 0 Å². The molecule has 0 spiro atoms. The van der Waals surface area contributed by atoms with Gasteiger partial charge in [-0.15, -0.1) is 0 Å². The van der Waals surface area contributed by atoms with Crippen molar-refractivity contribution in [1.82, 2.24) is 0 Å². The van der Waals surface area contributed by atoms with Crippen molar-refractivity contribution in [3.05, 3.63) is 60.2 Å². The monoisotopic (exact) mass is 326 g/mol. The maximum atomic E-state index is 2.37. The van der Waals surface area contributed by atoms with Crippen LogP contribution >= 0.6 is 0 Å². The third-order valence-corrected chi connectivity index (χ3v) is 4.51. The Hall–Kier alpha value is -1.30. The maximum Gasteiger partial charge on any atom is -0.0169 e. The van der Waals surface area contributed by atoms with E-state index >= 15 is 0 Å². The van der Waals surface area contributed by atoms with Gasteiger partial charge < -0.3 is 0 Å². The van der Waals surface area contributed by atoms with Crippen LogP contribution in [0.3, 0.4) is 0 Å². The molecule has 0 aliphatic heterocycles. The van der Waals surface area contributed by atoms with E-state index in [1.165, 1.54) is 82.6 Å². The van der Waals surface area contributed by atoms with Crippen molar-refractivity contribution in [3.8, 4) is 0 Å². The van der Waals surface area contributed by atoms with Crippen molar-refractivity contribution < 1.29 is 0 Å². The molecule has 0 aromatic heterocycles. The molecule has 0 aliphatic rings. The molecule has 0 unspecified atom stereocenters. The molecule has 0 atom stereocenters. The number of unbranched alkanes of at least 4 members (excludes halogenated alkanes) is 9. The summed E-state index contributed by atoms with van der Waals surface area (Å²) < 4.78 is 0. The van der Waals surface area contributed by atoms with E-state index in [4.69, 9.17) is 0 Å². The van der Waals surface area contributed by atoms with E-state index in [0.717, 1.165) is 6.42 Å². The van der Waals surface area contributed by atoms with Crippen molar-refractivity contribution in [2.75, 3.05) is 0 Å². The van der Waals surface area contributed by atoms with Crippen LogP contribution in [0.4, 0.5) is 0 Å². The van der Waals surface area contributed by atoms with Crippen molar-refractivity contribution in [2.45, 2.75) is 90.4 Å². The summed E-state index contributed by atoms with van der Waals surface area (Å²) in [5, 5.41) is 0. The molecule has 0 aliphatic carbocycles. The number of hydrogen-bond acceptors (Lipinski definition) is 0. The Morgan fingerprint density at radius 2 is 1.21 bits per heavy atom. The van der Waals surface area contributed by atoms with E-state index in [-0.39, 0.29) is 0 Å². The van der Waals surface area contributed by atoms with Gasteiger partial charge in [0.15, 0.2) is 0 Å². The highest BCUT2D eigenvalue weighted by atomic mass is 14.0. The van der Waals surface area contributed by atoms with Gasteiger partial charge in [-0.1, -0.05) is 100 Å². The number of rotatable bonds is 15. The Kier molecular flexibility index (Phi) is 14.3. The summed E-state index contributed by atoms with van der Waals surface area (Å²) in [6.07, 6.45) is 26.5. The fourth-order valence-electron chi connectivity index (χ4n) is 2.96. The predicted octanol–water partition coefficient (Wildman–Crippen LogP) is 8.04. The van der Waals surface area contributed by atoms with E-state index in [2.05, 4.69) is 61.6 Å². The second-order valence-corrected chi connectivity index (χ2v) is 6.82. The Bertz CT molecular complexity index is 413. The first-order chi connectivity index (χ1) is 11.9. The zero-order valence-electron chi connectivity index (χ0n) is 15.9. The number of aryl methyl sites for hydroxylation is 1. The zero-order chi connectivity index (χ0) is 17.1. The van der Waals surface area contributed by atoms with E-state index < -0.39 is 0 Å². The lowest BCUT2D eigenvalue weighted by atomic mass is 10.0. The van der Waals surface area contributed by atoms with Crippen molar-refractivity contribution >= 4 is 0 Å². The molecule has 24 heavy (non-hydrogen) atoms. The van der Waals surface area contributed by atoms with Crippen molar-refractivity contribution in [2.24, 2.45) is 0 Å². The smallest absolute Gasteiger partial charge is 0.0169 e. The normalized spacial score (nSPS) is 11.7. The average molecular weight is 327 g/mol. The highest BCUT2D eigenvalue weighted by Crippen LogP contribution is 2.11. The lowest BCUT2D eigenvalue weighted by Crippen LogP contribution is -1.85. The fraction of sp³-hybridized carbons (Fsp3) is 0.583. The molecule has 0 saturated heterocycles. The van der Waals surface area contributed by atoms with Crippen LogP contribution in [-0.4, -0.2) is 0 Å². The minimum Gasteiger partial charge on any atom is -0.0882 e. The second kappa shape index (κ2) is 16.6. The Labute approximate surface area is 151 Å². The van der Waals surface area contributed by atoms with E-state index in [1.807, 2.05) is 0 Å². The molecule has 134 valence electrons. The van der Waals surface area contributed by atoms with Crippen LogP contribution in [0.25, 0.3) is 0 Å². The predicted molar refractivity (Wildman–Crippen MR) is 110 cm³/mol. The van der Waals surface area contributed by atoms with Crippen LogP contribution in [0.15, 0.2) is 54.6 Å². The van der Waals surface area contributed by atoms with Gasteiger partial charge >= 0.3 is 0 Å². The summed E-state index contributed by atoms with van der Waals surface area (Å²) >= 11 is 0. The quantitative estimate of drug-likeness (QED) is 0.226. The van der Waals surface area contributed by atoms with Gasteiger partial charge in [0.1, 0.15) is 0 Å². The average Bonchev–Trinajstić information content (AvgIpc) is 2.62. The minimum absolute atomic E-state index is 1.12. The molecule has 0 radical (unpaired) electrons. The molecule has 0 nitrogen and oxygen atoms in total. The van der Waals surface area contributed by atoms with Crippen LogP contribution < -0.4 is 0 Å². The largest absolute Gasteiger partial charge is 0.0882 e. The molecule has 0 saturated carbocycles.